The normalized spacial score (nSPS) is 12.0. The molecular formula is C29H35N3O5S. The van der Waals surface area contributed by atoms with Gasteiger partial charge in [0, 0.05) is 19.0 Å². The highest BCUT2D eigenvalue weighted by atomic mass is 32.2. The van der Waals surface area contributed by atoms with Crippen LogP contribution in [0.15, 0.2) is 84.9 Å². The highest BCUT2D eigenvalue weighted by molar-refractivity contribution is 7.92. The summed E-state index contributed by atoms with van der Waals surface area (Å²) >= 11 is 0. The monoisotopic (exact) mass is 537 g/mol. The van der Waals surface area contributed by atoms with Crippen LogP contribution in [0.4, 0.5) is 5.69 Å². The predicted octanol–water partition coefficient (Wildman–Crippen LogP) is 3.63. The lowest BCUT2D eigenvalue weighted by Gasteiger charge is -2.34. The molecule has 0 spiro atoms. The number of nitrogens with zero attached hydrogens (tertiary/aromatic N) is 2. The maximum absolute atomic E-state index is 13.9. The summed E-state index contributed by atoms with van der Waals surface area (Å²) in [5.74, 6) is -0.231. The molecule has 0 aliphatic rings. The molecule has 38 heavy (non-hydrogen) atoms. The lowest BCUT2D eigenvalue weighted by molar-refractivity contribution is -0.140. The van der Waals surface area contributed by atoms with E-state index in [0.717, 1.165) is 21.7 Å². The summed E-state index contributed by atoms with van der Waals surface area (Å²) in [5, 5.41) is 2.93. The smallest absolute Gasteiger partial charge is 0.244 e. The Balaban J connectivity index is 2.02. The van der Waals surface area contributed by atoms with Crippen molar-refractivity contribution in [2.45, 2.75) is 38.9 Å². The van der Waals surface area contributed by atoms with Gasteiger partial charge in [-0.3, -0.25) is 13.9 Å². The number of anilines is 1. The molecule has 9 heteroatoms. The Morgan fingerprint density at radius 3 is 1.92 bits per heavy atom. The first-order chi connectivity index (χ1) is 18.1. The van der Waals surface area contributed by atoms with Crippen LogP contribution in [0, 0.1) is 0 Å². The Labute approximate surface area is 225 Å². The van der Waals surface area contributed by atoms with Gasteiger partial charge in [0.2, 0.25) is 21.8 Å². The van der Waals surface area contributed by atoms with Crippen LogP contribution in [-0.4, -0.2) is 57.1 Å². The van der Waals surface area contributed by atoms with Crippen LogP contribution >= 0.6 is 0 Å². The number of hydrogen-bond donors (Lipinski definition) is 1. The van der Waals surface area contributed by atoms with Crippen molar-refractivity contribution < 1.29 is 22.7 Å². The van der Waals surface area contributed by atoms with Gasteiger partial charge in [0.15, 0.2) is 0 Å². The second kappa shape index (κ2) is 13.1. The topological polar surface area (TPSA) is 96.0 Å². The van der Waals surface area contributed by atoms with Crippen molar-refractivity contribution in [2.75, 3.05) is 24.2 Å². The van der Waals surface area contributed by atoms with Gasteiger partial charge < -0.3 is 15.0 Å². The van der Waals surface area contributed by atoms with E-state index in [0.29, 0.717) is 11.4 Å². The fourth-order valence-corrected chi connectivity index (χ4v) is 4.93. The van der Waals surface area contributed by atoms with Crippen LogP contribution < -0.4 is 14.4 Å². The third-order valence-corrected chi connectivity index (χ3v) is 7.08. The average molecular weight is 538 g/mol. The van der Waals surface area contributed by atoms with Crippen LogP contribution in [0.1, 0.15) is 25.0 Å². The molecule has 2 amide bonds. The zero-order chi connectivity index (χ0) is 27.7. The molecule has 1 N–H and O–H groups in total. The molecule has 0 aliphatic carbocycles. The fraction of sp³-hybridized carbons (Fsp3) is 0.310. The maximum atomic E-state index is 13.9. The first kappa shape index (κ1) is 28.7. The van der Waals surface area contributed by atoms with Crippen molar-refractivity contribution in [3.63, 3.8) is 0 Å². The Kier molecular flexibility index (Phi) is 9.90. The van der Waals surface area contributed by atoms with Crippen LogP contribution in [0.2, 0.25) is 0 Å². The van der Waals surface area contributed by atoms with E-state index in [1.54, 1.807) is 24.3 Å². The summed E-state index contributed by atoms with van der Waals surface area (Å²) in [5.41, 5.74) is 2.04. The van der Waals surface area contributed by atoms with Gasteiger partial charge in [0.05, 0.1) is 19.1 Å². The second-order valence-corrected chi connectivity index (χ2v) is 11.3. The largest absolute Gasteiger partial charge is 0.497 e. The quantitative estimate of drug-likeness (QED) is 0.381. The molecule has 1 atom stereocenters. The molecule has 0 aromatic heterocycles. The number of hydrogen-bond acceptors (Lipinski definition) is 5. The lowest BCUT2D eigenvalue weighted by atomic mass is 10.0. The minimum atomic E-state index is -3.82. The molecule has 0 heterocycles. The number of carbonyl (C=O) groups excluding carboxylic acids is 2. The summed E-state index contributed by atoms with van der Waals surface area (Å²) in [6.07, 6.45) is 1.33. The Hall–Kier alpha value is -3.85. The van der Waals surface area contributed by atoms with Crippen LogP contribution in [0.5, 0.6) is 5.75 Å². The average Bonchev–Trinajstić information content (AvgIpc) is 2.89. The van der Waals surface area contributed by atoms with Crippen molar-refractivity contribution in [1.29, 1.82) is 0 Å². The summed E-state index contributed by atoms with van der Waals surface area (Å²) < 4.78 is 31.8. The van der Waals surface area contributed by atoms with Crippen molar-refractivity contribution in [2.24, 2.45) is 0 Å². The van der Waals surface area contributed by atoms with Gasteiger partial charge in [-0.2, -0.15) is 0 Å². The highest BCUT2D eigenvalue weighted by Crippen LogP contribution is 2.23. The number of amides is 2. The number of sulfonamides is 1. The van der Waals surface area contributed by atoms with Gasteiger partial charge in [-0.1, -0.05) is 60.7 Å². The molecule has 202 valence electrons. The molecule has 0 radical (unpaired) electrons. The van der Waals surface area contributed by atoms with Crippen molar-refractivity contribution >= 4 is 27.5 Å². The molecule has 0 aliphatic heterocycles. The van der Waals surface area contributed by atoms with Crippen LogP contribution in [0.25, 0.3) is 0 Å². The molecule has 0 unspecified atom stereocenters. The lowest BCUT2D eigenvalue weighted by Crippen LogP contribution is -2.54. The van der Waals surface area contributed by atoms with E-state index in [-0.39, 0.29) is 24.9 Å². The summed E-state index contributed by atoms with van der Waals surface area (Å²) in [6, 6.07) is 24.2. The molecule has 0 bridgehead atoms. The number of methoxy groups -OCH3 is 1. The maximum Gasteiger partial charge on any atom is 0.244 e. The van der Waals surface area contributed by atoms with Gasteiger partial charge in [0.25, 0.3) is 0 Å². The van der Waals surface area contributed by atoms with Gasteiger partial charge in [-0.05, 0) is 49.2 Å². The molecule has 3 rings (SSSR count). The van der Waals surface area contributed by atoms with Crippen molar-refractivity contribution in [3.8, 4) is 5.75 Å². The van der Waals surface area contributed by atoms with E-state index in [1.165, 1.54) is 12.0 Å². The SMILES string of the molecule is COc1ccc(N(CC(=O)N(Cc2ccccc2)[C@H](Cc2ccccc2)C(=O)NC(C)C)S(C)(=O)=O)cc1. The Morgan fingerprint density at radius 2 is 1.42 bits per heavy atom. The minimum absolute atomic E-state index is 0.138. The predicted molar refractivity (Wildman–Crippen MR) is 149 cm³/mol. The molecule has 0 saturated heterocycles. The third-order valence-electron chi connectivity index (χ3n) is 5.94. The summed E-state index contributed by atoms with van der Waals surface area (Å²) in [4.78, 5) is 28.9. The number of rotatable bonds is 12. The standard InChI is InChI=1S/C29H35N3O5S/c1-22(2)30-29(34)27(19-23-11-7-5-8-12-23)31(20-24-13-9-6-10-14-24)28(33)21-32(38(4,35)36)25-15-17-26(37-3)18-16-25/h5-18,22,27H,19-21H2,1-4H3,(H,30,34)/t27-/m1/s1. The third kappa shape index (κ3) is 8.08. The molecule has 3 aromatic carbocycles. The summed E-state index contributed by atoms with van der Waals surface area (Å²) in [6.45, 7) is 3.40. The fourth-order valence-electron chi connectivity index (χ4n) is 4.08. The van der Waals surface area contributed by atoms with Gasteiger partial charge in [-0.15, -0.1) is 0 Å². The molecular weight excluding hydrogens is 502 g/mol. The van der Waals surface area contributed by atoms with E-state index < -0.39 is 28.5 Å². The molecule has 0 fully saturated rings. The molecule has 3 aromatic rings. The number of carbonyl (C=O) groups is 2. The van der Waals surface area contributed by atoms with E-state index in [4.69, 9.17) is 4.74 Å². The summed E-state index contributed by atoms with van der Waals surface area (Å²) in [7, 11) is -2.30. The highest BCUT2D eigenvalue weighted by Gasteiger charge is 2.33. The van der Waals surface area contributed by atoms with Crippen LogP contribution in [0.3, 0.4) is 0 Å². The van der Waals surface area contributed by atoms with Gasteiger partial charge in [-0.25, -0.2) is 8.42 Å². The van der Waals surface area contributed by atoms with E-state index in [2.05, 4.69) is 5.32 Å². The first-order valence-electron chi connectivity index (χ1n) is 12.4. The second-order valence-electron chi connectivity index (χ2n) is 9.34. The van der Waals surface area contributed by atoms with Crippen molar-refractivity contribution in [3.05, 3.63) is 96.1 Å². The first-order valence-corrected chi connectivity index (χ1v) is 14.2. The van der Waals surface area contributed by atoms with Crippen LogP contribution in [-0.2, 0) is 32.6 Å². The minimum Gasteiger partial charge on any atom is -0.497 e. The van der Waals surface area contributed by atoms with Gasteiger partial charge >= 0.3 is 0 Å². The molecule has 8 nitrogen and oxygen atoms in total. The number of nitrogens with one attached hydrogen (secondary N) is 1. The molecule has 0 saturated carbocycles. The zero-order valence-electron chi connectivity index (χ0n) is 22.2. The zero-order valence-corrected chi connectivity index (χ0v) is 23.0. The Morgan fingerprint density at radius 1 is 0.868 bits per heavy atom. The number of benzene rings is 3. The van der Waals surface area contributed by atoms with Crippen molar-refractivity contribution in [1.82, 2.24) is 10.2 Å². The van der Waals surface area contributed by atoms with E-state index in [1.807, 2.05) is 74.5 Å². The van der Waals surface area contributed by atoms with E-state index in [9.17, 15) is 18.0 Å². The Bertz CT molecular complexity index is 1300. The van der Waals surface area contributed by atoms with E-state index >= 15 is 0 Å². The number of ether oxygens (including phenoxy) is 1. The van der Waals surface area contributed by atoms with Gasteiger partial charge in [0.1, 0.15) is 18.3 Å².